The van der Waals surface area contributed by atoms with Crippen LogP contribution in [0.1, 0.15) is 47.0 Å². The molecule has 1 aliphatic carbocycles. The summed E-state index contributed by atoms with van der Waals surface area (Å²) >= 11 is 0. The SMILES string of the molecule is C#CC(CCC)C1CC1(C)C(C)C. The molecule has 0 bridgehead atoms. The van der Waals surface area contributed by atoms with Crippen LogP contribution < -0.4 is 0 Å². The van der Waals surface area contributed by atoms with Gasteiger partial charge in [-0.2, -0.15) is 0 Å². The van der Waals surface area contributed by atoms with Crippen molar-refractivity contribution in [3.8, 4) is 12.3 Å². The molecule has 0 heterocycles. The van der Waals surface area contributed by atoms with E-state index in [1.165, 1.54) is 19.3 Å². The molecule has 0 aromatic carbocycles. The van der Waals surface area contributed by atoms with Gasteiger partial charge in [0.2, 0.25) is 0 Å². The first-order chi connectivity index (χ1) is 6.06. The lowest BCUT2D eigenvalue weighted by atomic mass is 9.86. The maximum atomic E-state index is 5.57. The van der Waals surface area contributed by atoms with Crippen LogP contribution in [0.5, 0.6) is 0 Å². The highest BCUT2D eigenvalue weighted by atomic mass is 14.6. The standard InChI is InChI=1S/C13H22/c1-6-8-11(7-2)12-9-13(12,5)10(3)4/h2,10-12H,6,8-9H2,1,3-5H3. The van der Waals surface area contributed by atoms with Gasteiger partial charge < -0.3 is 0 Å². The smallest absolute Gasteiger partial charge is 0.0233 e. The molecule has 1 fully saturated rings. The molecule has 0 heteroatoms. The van der Waals surface area contributed by atoms with Gasteiger partial charge in [-0.15, -0.1) is 12.3 Å². The molecule has 0 saturated heterocycles. The zero-order chi connectivity index (χ0) is 10.1. The second-order valence-corrected chi connectivity index (χ2v) is 5.03. The van der Waals surface area contributed by atoms with Crippen LogP contribution in [0, 0.1) is 35.5 Å². The van der Waals surface area contributed by atoms with Gasteiger partial charge in [-0.3, -0.25) is 0 Å². The van der Waals surface area contributed by atoms with E-state index in [-0.39, 0.29) is 0 Å². The highest BCUT2D eigenvalue weighted by Gasteiger charge is 2.54. The third-order valence-electron chi connectivity index (χ3n) is 3.97. The van der Waals surface area contributed by atoms with E-state index in [4.69, 9.17) is 6.42 Å². The summed E-state index contributed by atoms with van der Waals surface area (Å²) in [6.45, 7) is 9.25. The van der Waals surface area contributed by atoms with Crippen molar-refractivity contribution in [2.75, 3.05) is 0 Å². The highest BCUT2D eigenvalue weighted by Crippen LogP contribution is 2.61. The predicted octanol–water partition coefficient (Wildman–Crippen LogP) is 3.72. The Morgan fingerprint density at radius 3 is 2.46 bits per heavy atom. The molecular formula is C13H22. The molecule has 0 aromatic heterocycles. The Kier molecular flexibility index (Phi) is 3.06. The minimum atomic E-state index is 0.539. The normalized spacial score (nSPS) is 34.3. The van der Waals surface area contributed by atoms with E-state index in [9.17, 15) is 0 Å². The molecule has 3 atom stereocenters. The van der Waals surface area contributed by atoms with E-state index in [0.29, 0.717) is 11.3 Å². The average molecular weight is 178 g/mol. The molecule has 3 unspecified atom stereocenters. The molecule has 0 N–H and O–H groups in total. The molecule has 0 radical (unpaired) electrons. The summed E-state index contributed by atoms with van der Waals surface area (Å²) < 4.78 is 0. The van der Waals surface area contributed by atoms with E-state index in [1.54, 1.807) is 0 Å². The number of hydrogen-bond donors (Lipinski definition) is 0. The Morgan fingerprint density at radius 2 is 2.15 bits per heavy atom. The van der Waals surface area contributed by atoms with E-state index >= 15 is 0 Å². The van der Waals surface area contributed by atoms with Crippen LogP contribution in [-0.4, -0.2) is 0 Å². The van der Waals surface area contributed by atoms with Crippen molar-refractivity contribution in [3.05, 3.63) is 0 Å². The first-order valence-electron chi connectivity index (χ1n) is 5.52. The molecule has 1 saturated carbocycles. The third-order valence-corrected chi connectivity index (χ3v) is 3.97. The summed E-state index contributed by atoms with van der Waals surface area (Å²) in [5.41, 5.74) is 0.548. The largest absolute Gasteiger partial charge is 0.120 e. The predicted molar refractivity (Wildman–Crippen MR) is 58.3 cm³/mol. The fourth-order valence-corrected chi connectivity index (χ4v) is 2.39. The Morgan fingerprint density at radius 1 is 1.54 bits per heavy atom. The van der Waals surface area contributed by atoms with Crippen molar-refractivity contribution in [1.82, 2.24) is 0 Å². The monoisotopic (exact) mass is 178 g/mol. The second-order valence-electron chi connectivity index (χ2n) is 5.03. The molecule has 1 rings (SSSR count). The molecule has 13 heavy (non-hydrogen) atoms. The summed E-state index contributed by atoms with van der Waals surface area (Å²) in [6, 6.07) is 0. The van der Waals surface area contributed by atoms with Crippen molar-refractivity contribution in [3.63, 3.8) is 0 Å². The molecular weight excluding hydrogens is 156 g/mol. The topological polar surface area (TPSA) is 0 Å². The van der Waals surface area contributed by atoms with Gasteiger partial charge in [-0.1, -0.05) is 34.1 Å². The lowest BCUT2D eigenvalue weighted by Crippen LogP contribution is -2.12. The second kappa shape index (κ2) is 3.74. The van der Waals surface area contributed by atoms with E-state index in [2.05, 4.69) is 33.6 Å². The van der Waals surface area contributed by atoms with Crippen molar-refractivity contribution in [1.29, 1.82) is 0 Å². The Bertz CT molecular complexity index is 209. The summed E-state index contributed by atoms with van der Waals surface area (Å²) in [4.78, 5) is 0. The van der Waals surface area contributed by atoms with Crippen LogP contribution >= 0.6 is 0 Å². The fraction of sp³-hybridized carbons (Fsp3) is 0.846. The van der Waals surface area contributed by atoms with E-state index in [0.717, 1.165) is 11.8 Å². The molecule has 1 aliphatic rings. The van der Waals surface area contributed by atoms with Crippen molar-refractivity contribution in [2.24, 2.45) is 23.2 Å². The molecule has 74 valence electrons. The fourth-order valence-electron chi connectivity index (χ4n) is 2.39. The Labute approximate surface area is 83.1 Å². The Hall–Kier alpha value is -0.440. The van der Waals surface area contributed by atoms with Gasteiger partial charge in [0.25, 0.3) is 0 Å². The van der Waals surface area contributed by atoms with Gasteiger partial charge >= 0.3 is 0 Å². The number of terminal acetylenes is 1. The van der Waals surface area contributed by atoms with Crippen LogP contribution in [0.15, 0.2) is 0 Å². The quantitative estimate of drug-likeness (QED) is 0.576. The number of hydrogen-bond acceptors (Lipinski definition) is 0. The zero-order valence-electron chi connectivity index (χ0n) is 9.43. The van der Waals surface area contributed by atoms with Crippen LogP contribution in [-0.2, 0) is 0 Å². The van der Waals surface area contributed by atoms with Crippen LogP contribution in [0.3, 0.4) is 0 Å². The first kappa shape index (κ1) is 10.6. The molecule has 0 amide bonds. The van der Waals surface area contributed by atoms with Gasteiger partial charge in [0.15, 0.2) is 0 Å². The molecule has 0 aromatic rings. The highest BCUT2D eigenvalue weighted by molar-refractivity contribution is 5.11. The van der Waals surface area contributed by atoms with Crippen LogP contribution in [0.2, 0.25) is 0 Å². The molecule has 0 spiro atoms. The molecule has 0 nitrogen and oxygen atoms in total. The lowest BCUT2D eigenvalue weighted by molar-refractivity contribution is 0.323. The van der Waals surface area contributed by atoms with E-state index in [1.807, 2.05) is 0 Å². The third kappa shape index (κ3) is 1.90. The minimum Gasteiger partial charge on any atom is -0.120 e. The Balaban J connectivity index is 2.53. The van der Waals surface area contributed by atoms with Crippen molar-refractivity contribution < 1.29 is 0 Å². The maximum absolute atomic E-state index is 5.57. The average Bonchev–Trinajstić information content (AvgIpc) is 2.75. The van der Waals surface area contributed by atoms with Crippen molar-refractivity contribution in [2.45, 2.75) is 47.0 Å². The van der Waals surface area contributed by atoms with Gasteiger partial charge in [0.1, 0.15) is 0 Å². The van der Waals surface area contributed by atoms with Crippen LogP contribution in [0.25, 0.3) is 0 Å². The lowest BCUT2D eigenvalue weighted by Gasteiger charge is -2.18. The van der Waals surface area contributed by atoms with Crippen LogP contribution in [0.4, 0.5) is 0 Å². The minimum absolute atomic E-state index is 0.539. The summed E-state index contributed by atoms with van der Waals surface area (Å²) in [5, 5.41) is 0. The van der Waals surface area contributed by atoms with E-state index < -0.39 is 0 Å². The molecule has 0 aliphatic heterocycles. The summed E-state index contributed by atoms with van der Waals surface area (Å²) in [5.74, 6) is 5.10. The van der Waals surface area contributed by atoms with Crippen molar-refractivity contribution >= 4 is 0 Å². The summed E-state index contributed by atoms with van der Waals surface area (Å²) in [7, 11) is 0. The zero-order valence-corrected chi connectivity index (χ0v) is 9.43. The summed E-state index contributed by atoms with van der Waals surface area (Å²) in [6.07, 6.45) is 9.35. The van der Waals surface area contributed by atoms with Gasteiger partial charge in [0.05, 0.1) is 0 Å². The van der Waals surface area contributed by atoms with Gasteiger partial charge in [0, 0.05) is 5.92 Å². The van der Waals surface area contributed by atoms with Gasteiger partial charge in [-0.25, -0.2) is 0 Å². The first-order valence-corrected chi connectivity index (χ1v) is 5.52. The maximum Gasteiger partial charge on any atom is 0.0233 e. The van der Waals surface area contributed by atoms with Gasteiger partial charge in [-0.05, 0) is 30.1 Å². The number of rotatable bonds is 4.